The number of aromatic nitrogens is 4. The van der Waals surface area contributed by atoms with Gasteiger partial charge in [-0.2, -0.15) is 0 Å². The predicted molar refractivity (Wildman–Crippen MR) is 124 cm³/mol. The Morgan fingerprint density at radius 1 is 0.906 bits per heavy atom. The molecule has 9 nitrogen and oxygen atoms in total. The monoisotopic (exact) mass is 445 g/mol. The molecule has 0 radical (unpaired) electrons. The zero-order chi connectivity index (χ0) is 22.3. The number of nitrogens with two attached hydrogens (primary N) is 1. The average molecular weight is 446 g/mol. The van der Waals surface area contributed by atoms with Crippen molar-refractivity contribution >= 4 is 35.0 Å². The first-order valence-corrected chi connectivity index (χ1v) is 10.6. The molecule has 2 amide bonds. The van der Waals surface area contributed by atoms with E-state index >= 15 is 0 Å². The number of carbonyl (C=O) groups excluding carboxylic acids is 2. The highest BCUT2D eigenvalue weighted by Crippen LogP contribution is 2.22. The van der Waals surface area contributed by atoms with E-state index in [1.54, 1.807) is 60.9 Å². The maximum atomic E-state index is 12.7. The van der Waals surface area contributed by atoms with Gasteiger partial charge in [0.15, 0.2) is 5.82 Å². The Hall–Kier alpha value is -4.18. The van der Waals surface area contributed by atoms with Crippen LogP contribution in [0.3, 0.4) is 0 Å². The molecule has 0 bridgehead atoms. The molecule has 0 saturated carbocycles. The minimum absolute atomic E-state index is 0.0420. The second kappa shape index (κ2) is 9.75. The number of nitrogens with zero attached hydrogens (tertiary/aromatic N) is 4. The molecule has 4 aromatic rings. The molecule has 10 heteroatoms. The number of hydrogen-bond donors (Lipinski definition) is 3. The molecule has 0 saturated heterocycles. The Labute approximate surface area is 188 Å². The van der Waals surface area contributed by atoms with Gasteiger partial charge < -0.3 is 16.5 Å². The highest BCUT2D eigenvalue weighted by Gasteiger charge is 2.16. The highest BCUT2D eigenvalue weighted by molar-refractivity contribution is 7.99. The molecule has 2 aromatic carbocycles. The van der Waals surface area contributed by atoms with E-state index in [1.165, 1.54) is 4.68 Å². The van der Waals surface area contributed by atoms with Crippen LogP contribution < -0.4 is 16.5 Å². The zero-order valence-corrected chi connectivity index (χ0v) is 17.6. The maximum Gasteiger partial charge on any atom is 0.257 e. The third-order valence-electron chi connectivity index (χ3n) is 4.41. The summed E-state index contributed by atoms with van der Waals surface area (Å²) in [7, 11) is 0. The molecule has 2 aromatic heterocycles. The second-order valence-corrected chi connectivity index (χ2v) is 7.56. The fourth-order valence-corrected chi connectivity index (χ4v) is 3.56. The van der Waals surface area contributed by atoms with Gasteiger partial charge >= 0.3 is 0 Å². The summed E-state index contributed by atoms with van der Waals surface area (Å²) in [6.07, 6.45) is 3.27. The second-order valence-electron chi connectivity index (χ2n) is 6.61. The summed E-state index contributed by atoms with van der Waals surface area (Å²) in [5.41, 5.74) is 2.21. The van der Waals surface area contributed by atoms with Crippen LogP contribution in [0.15, 0.2) is 84.3 Å². The molecular formula is C22H19N7O2S. The summed E-state index contributed by atoms with van der Waals surface area (Å²) < 4.78 is 1.33. The van der Waals surface area contributed by atoms with Crippen molar-refractivity contribution in [2.75, 3.05) is 22.2 Å². The molecule has 0 spiro atoms. The fourth-order valence-electron chi connectivity index (χ4n) is 2.90. The van der Waals surface area contributed by atoms with Crippen LogP contribution in [-0.4, -0.2) is 37.4 Å². The summed E-state index contributed by atoms with van der Waals surface area (Å²) in [5, 5.41) is 14.1. The number of hydrogen-bond acceptors (Lipinski definition) is 7. The molecule has 0 unspecified atom stereocenters. The summed E-state index contributed by atoms with van der Waals surface area (Å²) >= 11 is 1.14. The largest absolute Gasteiger partial charge is 0.335 e. The van der Waals surface area contributed by atoms with Crippen molar-refractivity contribution in [3.8, 4) is 11.4 Å². The van der Waals surface area contributed by atoms with E-state index < -0.39 is 0 Å². The molecular weight excluding hydrogens is 426 g/mol. The Balaban J connectivity index is 1.40. The number of thioether (sulfide) groups is 1. The van der Waals surface area contributed by atoms with Crippen LogP contribution in [0, 0.1) is 0 Å². The van der Waals surface area contributed by atoms with Gasteiger partial charge in [0, 0.05) is 23.6 Å². The molecule has 0 fully saturated rings. The third kappa shape index (κ3) is 4.93. The summed E-state index contributed by atoms with van der Waals surface area (Å²) in [4.78, 5) is 29.2. The Morgan fingerprint density at radius 3 is 2.41 bits per heavy atom. The molecule has 4 N–H and O–H groups in total. The number of carbonyl (C=O) groups is 2. The van der Waals surface area contributed by atoms with Crippen LogP contribution in [0.5, 0.6) is 0 Å². The van der Waals surface area contributed by atoms with Gasteiger partial charge in [-0.1, -0.05) is 42.1 Å². The smallest absolute Gasteiger partial charge is 0.257 e. The quantitative estimate of drug-likeness (QED) is 0.295. The van der Waals surface area contributed by atoms with E-state index in [1.807, 2.05) is 18.2 Å². The SMILES string of the molecule is Nn1c(SCC(=O)Nc2ccccc2C(=O)Nc2ccccc2)nnc1-c1ccncc1. The lowest BCUT2D eigenvalue weighted by Gasteiger charge is -2.11. The van der Waals surface area contributed by atoms with Crippen molar-refractivity contribution in [3.63, 3.8) is 0 Å². The van der Waals surface area contributed by atoms with Crippen molar-refractivity contribution in [1.29, 1.82) is 0 Å². The average Bonchev–Trinajstić information content (AvgIpc) is 3.19. The number of anilines is 2. The lowest BCUT2D eigenvalue weighted by Crippen LogP contribution is -2.20. The minimum Gasteiger partial charge on any atom is -0.335 e. The first-order chi connectivity index (χ1) is 15.6. The molecule has 0 aliphatic carbocycles. The third-order valence-corrected chi connectivity index (χ3v) is 5.36. The van der Waals surface area contributed by atoms with Gasteiger partial charge in [0.05, 0.1) is 17.0 Å². The molecule has 2 heterocycles. The van der Waals surface area contributed by atoms with Gasteiger partial charge in [-0.3, -0.25) is 14.6 Å². The Kier molecular flexibility index (Phi) is 6.42. The van der Waals surface area contributed by atoms with Crippen LogP contribution in [0.25, 0.3) is 11.4 Å². The lowest BCUT2D eigenvalue weighted by molar-refractivity contribution is -0.113. The summed E-state index contributed by atoms with van der Waals surface area (Å²) in [6.45, 7) is 0. The van der Waals surface area contributed by atoms with Crippen LogP contribution in [0.1, 0.15) is 10.4 Å². The van der Waals surface area contributed by atoms with Crippen LogP contribution in [0.2, 0.25) is 0 Å². The van der Waals surface area contributed by atoms with Crippen molar-refractivity contribution in [3.05, 3.63) is 84.7 Å². The topological polar surface area (TPSA) is 128 Å². The van der Waals surface area contributed by atoms with Crippen LogP contribution in [0.4, 0.5) is 11.4 Å². The first-order valence-electron chi connectivity index (χ1n) is 9.61. The molecule has 4 rings (SSSR count). The van der Waals surface area contributed by atoms with Gasteiger partial charge in [-0.15, -0.1) is 10.2 Å². The predicted octanol–water partition coefficient (Wildman–Crippen LogP) is 3.04. The number of benzene rings is 2. The lowest BCUT2D eigenvalue weighted by atomic mass is 10.1. The van der Waals surface area contributed by atoms with Gasteiger partial charge in [-0.25, -0.2) is 4.68 Å². The van der Waals surface area contributed by atoms with E-state index in [4.69, 9.17) is 5.84 Å². The van der Waals surface area contributed by atoms with E-state index in [2.05, 4.69) is 25.8 Å². The van der Waals surface area contributed by atoms with E-state index in [0.717, 1.165) is 17.3 Å². The van der Waals surface area contributed by atoms with Gasteiger partial charge in [0.1, 0.15) is 0 Å². The highest BCUT2D eigenvalue weighted by atomic mass is 32.2. The standard InChI is InChI=1S/C22H19N7O2S/c23-29-20(15-10-12-24-13-11-15)27-28-22(29)32-14-19(30)26-18-9-5-4-8-17(18)21(31)25-16-6-2-1-3-7-16/h1-13H,14,23H2,(H,25,31)(H,26,30). The number of para-hydroxylation sites is 2. The van der Waals surface area contributed by atoms with Crippen molar-refractivity contribution in [2.45, 2.75) is 5.16 Å². The zero-order valence-electron chi connectivity index (χ0n) is 16.8. The van der Waals surface area contributed by atoms with Crippen molar-refractivity contribution < 1.29 is 9.59 Å². The maximum absolute atomic E-state index is 12.7. The summed E-state index contributed by atoms with van der Waals surface area (Å²) in [6, 6.07) is 19.5. The molecule has 0 aliphatic heterocycles. The minimum atomic E-state index is -0.316. The number of pyridine rings is 1. The number of nitrogens with one attached hydrogen (secondary N) is 2. The first kappa shape index (κ1) is 21.1. The molecule has 0 atom stereocenters. The van der Waals surface area contributed by atoms with Crippen LogP contribution in [-0.2, 0) is 4.79 Å². The van der Waals surface area contributed by atoms with Gasteiger partial charge in [0.2, 0.25) is 11.1 Å². The number of rotatable bonds is 7. The molecule has 32 heavy (non-hydrogen) atoms. The Bertz CT molecular complexity index is 1230. The van der Waals surface area contributed by atoms with Crippen molar-refractivity contribution in [1.82, 2.24) is 19.9 Å². The van der Waals surface area contributed by atoms with Crippen LogP contribution >= 0.6 is 11.8 Å². The normalized spacial score (nSPS) is 10.5. The van der Waals surface area contributed by atoms with Gasteiger partial charge in [0.25, 0.3) is 5.91 Å². The Morgan fingerprint density at radius 2 is 1.62 bits per heavy atom. The number of amides is 2. The summed E-state index contributed by atoms with van der Waals surface area (Å²) in [5.74, 6) is 5.97. The molecule has 0 aliphatic rings. The molecule has 160 valence electrons. The number of nitrogen functional groups attached to an aromatic ring is 1. The van der Waals surface area contributed by atoms with Gasteiger partial charge in [-0.05, 0) is 36.4 Å². The van der Waals surface area contributed by atoms with E-state index in [9.17, 15) is 9.59 Å². The van der Waals surface area contributed by atoms with Crippen molar-refractivity contribution in [2.24, 2.45) is 0 Å². The fraction of sp³-hybridized carbons (Fsp3) is 0.0455. The van der Waals surface area contributed by atoms with E-state index in [0.29, 0.717) is 27.9 Å². The van der Waals surface area contributed by atoms with E-state index in [-0.39, 0.29) is 17.6 Å².